The van der Waals surface area contributed by atoms with Crippen LogP contribution in [0.15, 0.2) is 81.7 Å². The van der Waals surface area contributed by atoms with Crippen molar-refractivity contribution >= 4 is 17.2 Å². The molecule has 4 nitrogen and oxygen atoms in total. The third-order valence-electron chi connectivity index (χ3n) is 4.31. The summed E-state index contributed by atoms with van der Waals surface area (Å²) in [7, 11) is 0. The number of amidine groups is 1. The molecular formula is C24H29FN4. The molecule has 2 aliphatic heterocycles. The summed E-state index contributed by atoms with van der Waals surface area (Å²) in [5.41, 5.74) is 5.87. The highest BCUT2D eigenvalue weighted by Gasteiger charge is 2.20. The molecule has 0 radical (unpaired) electrons. The second kappa shape index (κ2) is 11.1. The molecule has 2 aliphatic rings. The number of fused-ring (bicyclic) bond motifs is 1. The monoisotopic (exact) mass is 392 g/mol. The van der Waals surface area contributed by atoms with E-state index in [4.69, 9.17) is 0 Å². The summed E-state index contributed by atoms with van der Waals surface area (Å²) in [6.07, 6.45) is 6.32. The zero-order valence-corrected chi connectivity index (χ0v) is 17.9. The Labute approximate surface area is 173 Å². The summed E-state index contributed by atoms with van der Waals surface area (Å²) in [4.78, 5) is 6.19. The molecule has 0 saturated heterocycles. The number of aliphatic imine (C=N–C) groups is 1. The lowest BCUT2D eigenvalue weighted by Crippen LogP contribution is -2.13. The summed E-state index contributed by atoms with van der Waals surface area (Å²) in [6.45, 7) is 10.8. The van der Waals surface area contributed by atoms with Gasteiger partial charge in [0.15, 0.2) is 0 Å². The minimum Gasteiger partial charge on any atom is -0.341 e. The van der Waals surface area contributed by atoms with Crippen molar-refractivity contribution in [2.24, 2.45) is 15.2 Å². The van der Waals surface area contributed by atoms with Gasteiger partial charge in [-0.25, -0.2) is 9.38 Å². The number of aryl methyl sites for hydroxylation is 1. The van der Waals surface area contributed by atoms with E-state index >= 15 is 0 Å². The van der Waals surface area contributed by atoms with E-state index in [1.807, 2.05) is 39.8 Å². The van der Waals surface area contributed by atoms with E-state index in [2.05, 4.69) is 45.2 Å². The Hall–Kier alpha value is -3.08. The minimum atomic E-state index is -0.178. The Morgan fingerprint density at radius 1 is 1.00 bits per heavy atom. The van der Waals surface area contributed by atoms with Crippen LogP contribution in [-0.2, 0) is 6.42 Å². The van der Waals surface area contributed by atoms with Gasteiger partial charge in [0.25, 0.3) is 0 Å². The molecule has 0 N–H and O–H groups in total. The second-order valence-electron chi connectivity index (χ2n) is 6.59. The summed E-state index contributed by atoms with van der Waals surface area (Å²) in [6, 6.07) is 13.2. The average molecular weight is 393 g/mol. The molecule has 0 fully saturated rings. The first kappa shape index (κ1) is 22.2. The Kier molecular flexibility index (Phi) is 8.46. The quantitative estimate of drug-likeness (QED) is 0.508. The largest absolute Gasteiger partial charge is 0.341 e. The molecule has 0 amide bonds. The van der Waals surface area contributed by atoms with Crippen LogP contribution in [0.4, 0.5) is 15.8 Å². The molecule has 0 spiro atoms. The fourth-order valence-corrected chi connectivity index (χ4v) is 2.97. The third-order valence-corrected chi connectivity index (χ3v) is 4.31. The van der Waals surface area contributed by atoms with Gasteiger partial charge in [-0.2, -0.15) is 5.11 Å². The lowest BCUT2D eigenvalue weighted by Gasteiger charge is -2.19. The fourth-order valence-electron chi connectivity index (χ4n) is 2.97. The van der Waals surface area contributed by atoms with E-state index < -0.39 is 0 Å². The highest BCUT2D eigenvalue weighted by Crippen LogP contribution is 2.34. The van der Waals surface area contributed by atoms with Crippen LogP contribution in [0.25, 0.3) is 0 Å². The van der Waals surface area contributed by atoms with E-state index in [9.17, 15) is 4.39 Å². The Balaban J connectivity index is 0.000000215. The van der Waals surface area contributed by atoms with Gasteiger partial charge in [-0.05, 0) is 68.7 Å². The van der Waals surface area contributed by atoms with Crippen LogP contribution in [0.2, 0.25) is 0 Å². The van der Waals surface area contributed by atoms with E-state index in [1.165, 1.54) is 22.9 Å². The molecular weight excluding hydrogens is 363 g/mol. The fraction of sp³-hybridized carbons (Fsp3) is 0.292. The third kappa shape index (κ3) is 6.49. The van der Waals surface area contributed by atoms with Crippen molar-refractivity contribution in [2.75, 3.05) is 11.4 Å². The van der Waals surface area contributed by atoms with E-state index in [1.54, 1.807) is 24.5 Å². The number of allylic oxidation sites excluding steroid dienone is 2. The van der Waals surface area contributed by atoms with Crippen LogP contribution in [0.5, 0.6) is 0 Å². The molecule has 2 aromatic carbocycles. The number of nitrogens with zero attached hydrogens (tertiary/aromatic N) is 4. The molecule has 0 bridgehead atoms. The maximum Gasteiger partial charge on any atom is 0.147 e. The maximum atomic E-state index is 13.2. The number of anilines is 2. The number of halogens is 1. The minimum absolute atomic E-state index is 0.178. The second-order valence-corrected chi connectivity index (χ2v) is 6.59. The number of benzene rings is 2. The van der Waals surface area contributed by atoms with Crippen molar-refractivity contribution in [3.05, 3.63) is 83.5 Å². The number of hydrogen-bond acceptors (Lipinski definition) is 4. The topological polar surface area (TPSA) is 40.3 Å². The molecule has 2 heterocycles. The van der Waals surface area contributed by atoms with Crippen LogP contribution in [0.1, 0.15) is 38.8 Å². The van der Waals surface area contributed by atoms with Crippen LogP contribution in [-0.4, -0.2) is 12.4 Å². The van der Waals surface area contributed by atoms with Crippen molar-refractivity contribution in [3.63, 3.8) is 0 Å². The van der Waals surface area contributed by atoms with Crippen molar-refractivity contribution in [2.45, 2.75) is 41.0 Å². The molecule has 5 heteroatoms. The van der Waals surface area contributed by atoms with Crippen molar-refractivity contribution < 1.29 is 4.39 Å². The zero-order valence-electron chi connectivity index (χ0n) is 17.9. The Morgan fingerprint density at radius 3 is 2.55 bits per heavy atom. The first-order valence-corrected chi connectivity index (χ1v) is 9.94. The predicted octanol–water partition coefficient (Wildman–Crippen LogP) is 7.14. The van der Waals surface area contributed by atoms with E-state index in [0.29, 0.717) is 5.84 Å². The van der Waals surface area contributed by atoms with Crippen molar-refractivity contribution in [1.29, 1.82) is 0 Å². The van der Waals surface area contributed by atoms with Crippen LogP contribution < -0.4 is 4.90 Å². The first-order valence-electron chi connectivity index (χ1n) is 9.94. The van der Waals surface area contributed by atoms with Gasteiger partial charge in [0.05, 0.1) is 0 Å². The first-order chi connectivity index (χ1) is 14.0. The van der Waals surface area contributed by atoms with Gasteiger partial charge >= 0.3 is 0 Å². The standard InChI is InChI=1S/C15H14FN.C7H9N3.C2H6/c1-11-5-6-15-12(9-11)7-8-17(15)14-4-2-3-13(16)10-14;1-6-3-4-9-10-7(2)8-5-6;1-2/h2-6,9-10H,7-8H2,1H3;3-5H,1-2H3;1-2H3/b;4-3-,6-3?,6-5+,8-5?,8-7?,9-4?,10-7?,10-9?;. The Bertz CT molecular complexity index is 916. The highest BCUT2D eigenvalue weighted by atomic mass is 19.1. The molecule has 0 aromatic heterocycles. The molecule has 29 heavy (non-hydrogen) atoms. The summed E-state index contributed by atoms with van der Waals surface area (Å²) < 4.78 is 13.2. The lowest BCUT2D eigenvalue weighted by atomic mass is 10.1. The van der Waals surface area contributed by atoms with Crippen LogP contribution in [0, 0.1) is 12.7 Å². The molecule has 152 valence electrons. The lowest BCUT2D eigenvalue weighted by molar-refractivity contribution is 0.627. The Morgan fingerprint density at radius 2 is 1.79 bits per heavy atom. The molecule has 0 aliphatic carbocycles. The SMILES string of the molecule is CC.CC1=N/C=C(C)/C=C\N=N1.Cc1ccc2c(c1)CCN2c1cccc(F)c1. The van der Waals surface area contributed by atoms with Gasteiger partial charge in [-0.3, -0.25) is 0 Å². The molecule has 0 unspecified atom stereocenters. The maximum absolute atomic E-state index is 13.2. The van der Waals surface area contributed by atoms with Gasteiger partial charge in [0.1, 0.15) is 11.7 Å². The van der Waals surface area contributed by atoms with Gasteiger partial charge in [0.2, 0.25) is 0 Å². The van der Waals surface area contributed by atoms with Crippen LogP contribution >= 0.6 is 0 Å². The highest BCUT2D eigenvalue weighted by molar-refractivity contribution is 5.80. The molecule has 0 saturated carbocycles. The summed E-state index contributed by atoms with van der Waals surface area (Å²) in [5, 5.41) is 7.50. The van der Waals surface area contributed by atoms with Gasteiger partial charge in [-0.1, -0.05) is 37.6 Å². The number of rotatable bonds is 1. The average Bonchev–Trinajstić information content (AvgIpc) is 3.13. The van der Waals surface area contributed by atoms with Crippen molar-refractivity contribution in [1.82, 2.24) is 0 Å². The van der Waals surface area contributed by atoms with E-state index in [0.717, 1.165) is 24.2 Å². The van der Waals surface area contributed by atoms with Gasteiger partial charge < -0.3 is 4.90 Å². The summed E-state index contributed by atoms with van der Waals surface area (Å²) in [5.74, 6) is 0.506. The normalized spacial score (nSPS) is 17.2. The predicted molar refractivity (Wildman–Crippen MR) is 120 cm³/mol. The van der Waals surface area contributed by atoms with E-state index in [-0.39, 0.29) is 5.82 Å². The number of hydrogen-bond donors (Lipinski definition) is 0. The van der Waals surface area contributed by atoms with Crippen LogP contribution in [0.3, 0.4) is 0 Å². The summed E-state index contributed by atoms with van der Waals surface area (Å²) >= 11 is 0. The zero-order chi connectivity index (χ0) is 21.2. The smallest absolute Gasteiger partial charge is 0.147 e. The van der Waals surface area contributed by atoms with Crippen molar-refractivity contribution in [3.8, 4) is 0 Å². The number of azo groups is 1. The van der Waals surface area contributed by atoms with Gasteiger partial charge in [-0.15, -0.1) is 5.11 Å². The van der Waals surface area contributed by atoms with Gasteiger partial charge in [0, 0.05) is 30.3 Å². The molecule has 4 rings (SSSR count). The molecule has 0 atom stereocenters. The molecule has 2 aromatic rings.